The van der Waals surface area contributed by atoms with Crippen molar-refractivity contribution in [2.24, 2.45) is 4.99 Å². The molecule has 0 unspecified atom stereocenters. The number of halogens is 1. The molecule has 0 aliphatic carbocycles. The molecular weight excluding hydrogens is 566 g/mol. The average molecular weight is 590 g/mol. The highest BCUT2D eigenvalue weighted by atomic mass is 35.5. The summed E-state index contributed by atoms with van der Waals surface area (Å²) >= 11 is 7.54. The number of amides is 1. The van der Waals surface area contributed by atoms with Gasteiger partial charge in [-0.1, -0.05) is 72.3 Å². The lowest BCUT2D eigenvalue weighted by molar-refractivity contribution is -0.121. The molecule has 0 bridgehead atoms. The molecule has 1 aliphatic rings. The molecule has 42 heavy (non-hydrogen) atoms. The summed E-state index contributed by atoms with van der Waals surface area (Å²) < 4.78 is 2.19. The van der Waals surface area contributed by atoms with Crippen LogP contribution in [0.25, 0.3) is 34.3 Å². The second-order valence-electron chi connectivity index (χ2n) is 9.60. The number of nitrogens with zero attached hydrogens (tertiary/aromatic N) is 3. The number of hydrogen-bond donors (Lipinski definition) is 1. The number of aliphatic imine (C=N–C) groups is 1. The number of rotatable bonds is 6. The van der Waals surface area contributed by atoms with Gasteiger partial charge in [0.05, 0.1) is 27.5 Å². The molecule has 1 fully saturated rings. The Kier molecular flexibility index (Phi) is 7.52. The summed E-state index contributed by atoms with van der Waals surface area (Å²) in [4.78, 5) is 31.3. The van der Waals surface area contributed by atoms with Crippen molar-refractivity contribution in [2.75, 3.05) is 7.05 Å². The second-order valence-corrected chi connectivity index (χ2v) is 11.0. The molecule has 1 aromatic heterocycles. The van der Waals surface area contributed by atoms with E-state index in [9.17, 15) is 14.7 Å². The zero-order valence-corrected chi connectivity index (χ0v) is 24.0. The highest BCUT2D eigenvalue weighted by molar-refractivity contribution is 8.18. The molecule has 2 heterocycles. The minimum absolute atomic E-state index is 0.166. The van der Waals surface area contributed by atoms with Crippen LogP contribution in [0.3, 0.4) is 0 Å². The summed E-state index contributed by atoms with van der Waals surface area (Å²) in [5.41, 5.74) is 6.50. The standard InChI is InChI=1S/C34H24ClN3O3S/c1-37-32(39)30(42-34(37)36-27-16-12-24(13-17-27)33(40)41)21-25-20-29(22-8-4-2-5-9-22)38(28-18-14-26(35)15-19-28)31(25)23-10-6-3-7-11-23/h2-21H,1H3,(H,40,41)/b30-21-,36-34?. The number of aromatic nitrogens is 1. The summed E-state index contributed by atoms with van der Waals surface area (Å²) in [6.07, 6.45) is 1.92. The summed E-state index contributed by atoms with van der Waals surface area (Å²) in [6, 6.07) is 36.3. The van der Waals surface area contributed by atoms with Crippen molar-refractivity contribution in [3.63, 3.8) is 0 Å². The van der Waals surface area contributed by atoms with E-state index in [4.69, 9.17) is 11.6 Å². The van der Waals surface area contributed by atoms with E-state index in [1.807, 2.05) is 66.7 Å². The Morgan fingerprint density at radius 3 is 2.10 bits per heavy atom. The van der Waals surface area contributed by atoms with Crippen LogP contribution in [0, 0.1) is 0 Å². The Morgan fingerprint density at radius 2 is 1.48 bits per heavy atom. The highest BCUT2D eigenvalue weighted by Crippen LogP contribution is 2.40. The van der Waals surface area contributed by atoms with Crippen molar-refractivity contribution in [3.05, 3.63) is 136 Å². The van der Waals surface area contributed by atoms with Gasteiger partial charge in [-0.3, -0.25) is 9.69 Å². The third kappa shape index (κ3) is 5.40. The number of carbonyl (C=O) groups is 2. The minimum atomic E-state index is -1.00. The number of carbonyl (C=O) groups excluding carboxylic acids is 1. The first-order chi connectivity index (χ1) is 20.4. The van der Waals surface area contributed by atoms with Gasteiger partial charge in [-0.25, -0.2) is 9.79 Å². The number of hydrogen-bond acceptors (Lipinski definition) is 4. The smallest absolute Gasteiger partial charge is 0.335 e. The van der Waals surface area contributed by atoms with E-state index in [-0.39, 0.29) is 11.5 Å². The zero-order valence-electron chi connectivity index (χ0n) is 22.4. The minimum Gasteiger partial charge on any atom is -0.478 e. The third-order valence-electron chi connectivity index (χ3n) is 6.86. The van der Waals surface area contributed by atoms with Crippen LogP contribution < -0.4 is 0 Å². The van der Waals surface area contributed by atoms with Gasteiger partial charge in [0.1, 0.15) is 0 Å². The van der Waals surface area contributed by atoms with Gasteiger partial charge in [0.15, 0.2) is 5.17 Å². The van der Waals surface area contributed by atoms with Crippen LogP contribution in [0.15, 0.2) is 125 Å². The Labute approximate surface area is 252 Å². The molecule has 4 aromatic carbocycles. The Morgan fingerprint density at radius 1 is 0.857 bits per heavy atom. The maximum absolute atomic E-state index is 13.4. The monoisotopic (exact) mass is 589 g/mol. The number of carboxylic acids is 1. The van der Waals surface area contributed by atoms with E-state index in [1.54, 1.807) is 19.2 Å². The van der Waals surface area contributed by atoms with Gasteiger partial charge in [0.2, 0.25) is 0 Å². The largest absolute Gasteiger partial charge is 0.478 e. The molecule has 1 aliphatic heterocycles. The van der Waals surface area contributed by atoms with Gasteiger partial charge in [-0.05, 0) is 83.6 Å². The van der Waals surface area contributed by atoms with Crippen LogP contribution in [0.1, 0.15) is 15.9 Å². The number of amidine groups is 1. The van der Waals surface area contributed by atoms with E-state index < -0.39 is 5.97 Å². The number of aromatic carboxylic acids is 1. The van der Waals surface area contributed by atoms with Gasteiger partial charge < -0.3 is 9.67 Å². The van der Waals surface area contributed by atoms with E-state index in [1.165, 1.54) is 28.8 Å². The predicted molar refractivity (Wildman–Crippen MR) is 170 cm³/mol. The van der Waals surface area contributed by atoms with E-state index in [0.717, 1.165) is 33.8 Å². The Balaban J connectivity index is 1.50. The van der Waals surface area contributed by atoms with Crippen LogP contribution in [-0.4, -0.2) is 38.7 Å². The number of carboxylic acid groups (broad SMARTS) is 1. The van der Waals surface area contributed by atoms with Crippen molar-refractivity contribution in [1.29, 1.82) is 0 Å². The highest BCUT2D eigenvalue weighted by Gasteiger charge is 2.31. The SMILES string of the molecule is CN1C(=O)/C(=C/c2cc(-c3ccccc3)n(-c3ccc(Cl)cc3)c2-c2ccccc2)SC1=Nc1ccc(C(=O)O)cc1. The number of likely N-dealkylation sites (N-methyl/N-ethyl adjacent to an activating group) is 1. The lowest BCUT2D eigenvalue weighted by atomic mass is 10.1. The average Bonchev–Trinajstić information content (AvgIpc) is 3.51. The lowest BCUT2D eigenvalue weighted by Crippen LogP contribution is -2.23. The molecule has 0 radical (unpaired) electrons. The summed E-state index contributed by atoms with van der Waals surface area (Å²) in [5.74, 6) is -1.17. The van der Waals surface area contributed by atoms with E-state index in [0.29, 0.717) is 20.8 Å². The van der Waals surface area contributed by atoms with E-state index >= 15 is 0 Å². The topological polar surface area (TPSA) is 74.9 Å². The summed E-state index contributed by atoms with van der Waals surface area (Å²) in [6.45, 7) is 0. The Hall–Kier alpha value is -4.85. The number of benzene rings is 4. The molecule has 6 nitrogen and oxygen atoms in total. The van der Waals surface area contributed by atoms with E-state index in [2.05, 4.69) is 39.9 Å². The van der Waals surface area contributed by atoms with Crippen LogP contribution >= 0.6 is 23.4 Å². The first-order valence-corrected chi connectivity index (χ1v) is 14.3. The molecule has 0 saturated carbocycles. The zero-order chi connectivity index (χ0) is 29.2. The van der Waals surface area contributed by atoms with Crippen LogP contribution in [0.2, 0.25) is 5.02 Å². The van der Waals surface area contributed by atoms with Crippen molar-refractivity contribution < 1.29 is 14.7 Å². The number of thioether (sulfide) groups is 1. The fraction of sp³-hybridized carbons (Fsp3) is 0.0294. The molecule has 5 aromatic rings. The normalized spacial score (nSPS) is 15.1. The van der Waals surface area contributed by atoms with Gasteiger partial charge in [0, 0.05) is 23.3 Å². The molecular formula is C34H24ClN3O3S. The van der Waals surface area contributed by atoms with Gasteiger partial charge in [-0.15, -0.1) is 0 Å². The van der Waals surface area contributed by atoms with Crippen molar-refractivity contribution in [2.45, 2.75) is 0 Å². The molecule has 6 rings (SSSR count). The quantitative estimate of drug-likeness (QED) is 0.202. The molecule has 8 heteroatoms. The summed E-state index contributed by atoms with van der Waals surface area (Å²) in [7, 11) is 1.69. The first-order valence-electron chi connectivity index (χ1n) is 13.1. The lowest BCUT2D eigenvalue weighted by Gasteiger charge is -2.15. The van der Waals surface area contributed by atoms with Gasteiger partial charge >= 0.3 is 5.97 Å². The summed E-state index contributed by atoms with van der Waals surface area (Å²) in [5, 5.41) is 10.3. The van der Waals surface area contributed by atoms with Crippen LogP contribution in [0.5, 0.6) is 0 Å². The molecule has 206 valence electrons. The van der Waals surface area contributed by atoms with Gasteiger partial charge in [0.25, 0.3) is 5.91 Å². The molecule has 1 saturated heterocycles. The fourth-order valence-electron chi connectivity index (χ4n) is 4.79. The molecule has 1 amide bonds. The molecule has 0 spiro atoms. The molecule has 0 atom stereocenters. The maximum Gasteiger partial charge on any atom is 0.335 e. The van der Waals surface area contributed by atoms with Gasteiger partial charge in [-0.2, -0.15) is 0 Å². The fourth-order valence-corrected chi connectivity index (χ4v) is 5.90. The van der Waals surface area contributed by atoms with Crippen LogP contribution in [-0.2, 0) is 4.79 Å². The third-order valence-corrected chi connectivity index (χ3v) is 8.17. The predicted octanol–water partition coefficient (Wildman–Crippen LogP) is 8.40. The van der Waals surface area contributed by atoms with Crippen molar-refractivity contribution in [1.82, 2.24) is 9.47 Å². The molecule has 1 N–H and O–H groups in total. The van der Waals surface area contributed by atoms with Crippen molar-refractivity contribution in [3.8, 4) is 28.2 Å². The first kappa shape index (κ1) is 27.3. The van der Waals surface area contributed by atoms with Crippen molar-refractivity contribution >= 4 is 52.2 Å². The van der Waals surface area contributed by atoms with Crippen LogP contribution in [0.4, 0.5) is 5.69 Å². The maximum atomic E-state index is 13.4. The second kappa shape index (κ2) is 11.6. The Bertz CT molecular complexity index is 1850.